The molecule has 0 aliphatic carbocycles. The van der Waals surface area contributed by atoms with E-state index in [2.05, 4.69) is 39.6 Å². The van der Waals surface area contributed by atoms with Gasteiger partial charge < -0.3 is 15.1 Å². The smallest absolute Gasteiger partial charge is 0.246 e. The molecule has 0 radical (unpaired) electrons. The maximum absolute atomic E-state index is 12.6. The zero-order chi connectivity index (χ0) is 19.4. The molecule has 9 heteroatoms. The first kappa shape index (κ1) is 19.3. The second-order valence-electron chi connectivity index (χ2n) is 6.89. The van der Waals surface area contributed by atoms with Gasteiger partial charge in [0.2, 0.25) is 5.91 Å². The minimum absolute atomic E-state index is 0.0540. The largest absolute Gasteiger partial charge is 0.356 e. The van der Waals surface area contributed by atoms with Crippen LogP contribution < -0.4 is 10.2 Å². The predicted molar refractivity (Wildman–Crippen MR) is 108 cm³/mol. The van der Waals surface area contributed by atoms with Gasteiger partial charge in [0.15, 0.2) is 5.96 Å². The summed E-state index contributed by atoms with van der Waals surface area (Å²) in [5.74, 6) is 1.28. The third kappa shape index (κ3) is 4.65. The van der Waals surface area contributed by atoms with Gasteiger partial charge in [0, 0.05) is 57.6 Å². The Bertz CT molecular complexity index is 810. The second kappa shape index (κ2) is 8.51. The van der Waals surface area contributed by atoms with Crippen LogP contribution in [0.25, 0.3) is 0 Å². The van der Waals surface area contributed by atoms with E-state index in [4.69, 9.17) is 0 Å². The first-order valence-electron chi connectivity index (χ1n) is 9.17. The van der Waals surface area contributed by atoms with Crippen LogP contribution in [0.5, 0.6) is 0 Å². The van der Waals surface area contributed by atoms with E-state index in [1.54, 1.807) is 34.2 Å². The number of aliphatic imine (C=N–C) groups is 1. The van der Waals surface area contributed by atoms with Crippen LogP contribution >= 0.6 is 11.3 Å². The summed E-state index contributed by atoms with van der Waals surface area (Å²) in [6.45, 7) is 6.72. The van der Waals surface area contributed by atoms with Crippen LogP contribution in [0, 0.1) is 0 Å². The van der Waals surface area contributed by atoms with Gasteiger partial charge >= 0.3 is 0 Å². The molecule has 8 nitrogen and oxygen atoms in total. The van der Waals surface area contributed by atoms with Crippen LogP contribution in [0.3, 0.4) is 0 Å². The fourth-order valence-corrected chi connectivity index (χ4v) is 3.88. The van der Waals surface area contributed by atoms with Crippen molar-refractivity contribution >= 4 is 28.9 Å². The Kier molecular flexibility index (Phi) is 6.10. The Morgan fingerprint density at radius 3 is 2.81 bits per heavy atom. The first-order chi connectivity index (χ1) is 13.0. The highest BCUT2D eigenvalue weighted by molar-refractivity contribution is 7.09. The maximum atomic E-state index is 12.6. The van der Waals surface area contributed by atoms with E-state index in [-0.39, 0.29) is 5.91 Å². The third-order valence-corrected chi connectivity index (χ3v) is 5.66. The summed E-state index contributed by atoms with van der Waals surface area (Å²) in [6, 6.07) is 0. The number of hydrogen-bond donors (Lipinski definition) is 1. The summed E-state index contributed by atoms with van der Waals surface area (Å²) in [5, 5.41) is 10.8. The highest BCUT2D eigenvalue weighted by atomic mass is 32.1. The molecule has 1 fully saturated rings. The molecule has 2 aromatic rings. The van der Waals surface area contributed by atoms with Gasteiger partial charge in [-0.2, -0.15) is 5.10 Å². The van der Waals surface area contributed by atoms with E-state index in [1.807, 2.05) is 18.1 Å². The molecule has 3 rings (SSSR count). The van der Waals surface area contributed by atoms with Crippen molar-refractivity contribution in [1.82, 2.24) is 25.0 Å². The van der Waals surface area contributed by atoms with Crippen molar-refractivity contribution in [3.63, 3.8) is 0 Å². The predicted octanol–water partition coefficient (Wildman–Crippen LogP) is 1.47. The summed E-state index contributed by atoms with van der Waals surface area (Å²) < 4.78 is 1.71. The molecule has 1 saturated heterocycles. The molecule has 1 aliphatic heterocycles. The van der Waals surface area contributed by atoms with E-state index in [9.17, 15) is 4.79 Å². The molecule has 1 aliphatic rings. The lowest BCUT2D eigenvalue weighted by Crippen LogP contribution is -2.55. The summed E-state index contributed by atoms with van der Waals surface area (Å²) in [6.07, 6.45) is 4.42. The lowest BCUT2D eigenvalue weighted by molar-refractivity contribution is -0.120. The van der Waals surface area contributed by atoms with Crippen molar-refractivity contribution in [3.05, 3.63) is 28.5 Å². The monoisotopic (exact) mass is 389 g/mol. The Hall–Kier alpha value is -2.42. The van der Waals surface area contributed by atoms with Crippen molar-refractivity contribution in [3.8, 4) is 0 Å². The number of guanidine groups is 1. The molecule has 1 N–H and O–H groups in total. The van der Waals surface area contributed by atoms with Gasteiger partial charge in [0.25, 0.3) is 0 Å². The number of rotatable bonds is 5. The van der Waals surface area contributed by atoms with E-state index in [1.165, 1.54) is 5.01 Å². The van der Waals surface area contributed by atoms with E-state index in [0.717, 1.165) is 36.9 Å². The molecule has 0 bridgehead atoms. The average Bonchev–Trinajstić information content (AvgIpc) is 3.28. The zero-order valence-corrected chi connectivity index (χ0v) is 17.2. The number of nitrogens with zero attached hydrogens (tertiary/aromatic N) is 6. The van der Waals surface area contributed by atoms with E-state index >= 15 is 0 Å². The molecular formula is C18H27N7OS. The average molecular weight is 390 g/mol. The molecule has 27 heavy (non-hydrogen) atoms. The second-order valence-corrected chi connectivity index (χ2v) is 7.78. The number of hydrogen-bond acceptors (Lipinski definition) is 5. The number of anilines is 1. The Balaban J connectivity index is 1.51. The van der Waals surface area contributed by atoms with Gasteiger partial charge in [-0.3, -0.25) is 14.5 Å². The lowest BCUT2D eigenvalue weighted by Gasteiger charge is -2.35. The van der Waals surface area contributed by atoms with Gasteiger partial charge in [0.05, 0.1) is 22.6 Å². The van der Waals surface area contributed by atoms with Crippen molar-refractivity contribution in [2.45, 2.75) is 26.2 Å². The molecular weight excluding hydrogens is 362 g/mol. The SMILES string of the molecule is CN=C(NCCc1csc(C(C)C)n1)N1CCN(c2cnn(C)c2)C(=O)C1. The van der Waals surface area contributed by atoms with Crippen molar-refractivity contribution < 1.29 is 4.79 Å². The van der Waals surface area contributed by atoms with Gasteiger partial charge in [0.1, 0.15) is 6.54 Å². The molecule has 2 aromatic heterocycles. The third-order valence-electron chi connectivity index (χ3n) is 4.46. The van der Waals surface area contributed by atoms with Gasteiger partial charge in [-0.05, 0) is 0 Å². The van der Waals surface area contributed by atoms with Gasteiger partial charge in [-0.15, -0.1) is 11.3 Å². The highest BCUT2D eigenvalue weighted by Crippen LogP contribution is 2.19. The normalized spacial score (nSPS) is 15.7. The van der Waals surface area contributed by atoms with Gasteiger partial charge in [-0.1, -0.05) is 13.8 Å². The van der Waals surface area contributed by atoms with Crippen molar-refractivity contribution in [2.24, 2.45) is 12.0 Å². The Labute approximate surface area is 163 Å². The summed E-state index contributed by atoms with van der Waals surface area (Å²) in [5.41, 5.74) is 1.94. The maximum Gasteiger partial charge on any atom is 0.246 e. The Morgan fingerprint density at radius 2 is 2.22 bits per heavy atom. The molecule has 0 aromatic carbocycles. The molecule has 0 atom stereocenters. The number of aryl methyl sites for hydroxylation is 1. The van der Waals surface area contributed by atoms with Gasteiger partial charge in [-0.25, -0.2) is 4.98 Å². The number of carbonyl (C=O) groups excluding carboxylic acids is 1. The number of carbonyl (C=O) groups is 1. The number of nitrogens with one attached hydrogen (secondary N) is 1. The van der Waals surface area contributed by atoms with Crippen LogP contribution in [-0.4, -0.2) is 64.8 Å². The summed E-state index contributed by atoms with van der Waals surface area (Å²) in [4.78, 5) is 25.3. The van der Waals surface area contributed by atoms with Crippen molar-refractivity contribution in [2.75, 3.05) is 38.1 Å². The first-order valence-corrected chi connectivity index (χ1v) is 10.0. The highest BCUT2D eigenvalue weighted by Gasteiger charge is 2.27. The van der Waals surface area contributed by atoms with E-state index in [0.29, 0.717) is 19.0 Å². The van der Waals surface area contributed by atoms with Crippen LogP contribution in [0.4, 0.5) is 5.69 Å². The van der Waals surface area contributed by atoms with E-state index < -0.39 is 0 Å². The molecule has 1 amide bonds. The van der Waals surface area contributed by atoms with Crippen LogP contribution in [-0.2, 0) is 18.3 Å². The minimum atomic E-state index is 0.0540. The molecule has 0 spiro atoms. The summed E-state index contributed by atoms with van der Waals surface area (Å²) >= 11 is 1.71. The number of aromatic nitrogens is 3. The molecule has 146 valence electrons. The topological polar surface area (TPSA) is 78.7 Å². The molecule has 3 heterocycles. The minimum Gasteiger partial charge on any atom is -0.356 e. The summed E-state index contributed by atoms with van der Waals surface area (Å²) in [7, 11) is 3.60. The quantitative estimate of drug-likeness (QED) is 0.619. The standard InChI is InChI=1S/C18H27N7OS/c1-13(2)17-22-14(12-27-17)5-6-20-18(19-3)24-7-8-25(16(26)11-24)15-9-21-23(4)10-15/h9-10,12-13H,5-8,11H2,1-4H3,(H,19,20). The Morgan fingerprint density at radius 1 is 1.41 bits per heavy atom. The fraction of sp³-hybridized carbons (Fsp3) is 0.556. The zero-order valence-electron chi connectivity index (χ0n) is 16.3. The molecule has 0 unspecified atom stereocenters. The number of thiazole rings is 1. The number of amides is 1. The van der Waals surface area contributed by atoms with Crippen LogP contribution in [0.15, 0.2) is 22.8 Å². The lowest BCUT2D eigenvalue weighted by atomic mass is 10.2. The van der Waals surface area contributed by atoms with Crippen LogP contribution in [0.1, 0.15) is 30.5 Å². The van der Waals surface area contributed by atoms with Crippen LogP contribution in [0.2, 0.25) is 0 Å². The fourth-order valence-electron chi connectivity index (χ4n) is 3.01. The number of piperazine rings is 1. The molecule has 0 saturated carbocycles. The van der Waals surface area contributed by atoms with Crippen molar-refractivity contribution in [1.29, 1.82) is 0 Å².